The molecule has 0 atom stereocenters. The van der Waals surface area contributed by atoms with Crippen LogP contribution in [-0.2, 0) is 6.42 Å². The van der Waals surface area contributed by atoms with Gasteiger partial charge >= 0.3 is 0 Å². The number of hydrogen-bond donors (Lipinski definition) is 1. The van der Waals surface area contributed by atoms with Gasteiger partial charge in [0, 0.05) is 6.42 Å². The minimum Gasteiger partial charge on any atom is -0.382 e. The van der Waals surface area contributed by atoms with Crippen molar-refractivity contribution in [2.24, 2.45) is 0 Å². The van der Waals surface area contributed by atoms with Gasteiger partial charge in [-0.3, -0.25) is 0 Å². The van der Waals surface area contributed by atoms with Crippen LogP contribution in [0.4, 0.5) is 10.2 Å². The number of aromatic nitrogens is 2. The van der Waals surface area contributed by atoms with E-state index in [2.05, 4.69) is 9.97 Å². The number of nitriles is 1. The lowest BCUT2D eigenvalue weighted by atomic mass is 10.1. The van der Waals surface area contributed by atoms with Gasteiger partial charge in [-0.15, -0.1) is 0 Å². The van der Waals surface area contributed by atoms with Crippen molar-refractivity contribution in [1.29, 1.82) is 5.26 Å². The third kappa shape index (κ3) is 2.28. The van der Waals surface area contributed by atoms with Crippen LogP contribution in [0, 0.1) is 24.1 Å². The lowest BCUT2D eigenvalue weighted by molar-refractivity contribution is 0.612. The first-order valence-corrected chi connectivity index (χ1v) is 5.38. The summed E-state index contributed by atoms with van der Waals surface area (Å²) in [5, 5.41) is 8.85. The number of nitrogen functional groups attached to an aromatic ring is 1. The van der Waals surface area contributed by atoms with Crippen molar-refractivity contribution in [1.82, 2.24) is 9.97 Å². The Morgan fingerprint density at radius 1 is 1.33 bits per heavy atom. The third-order valence-corrected chi connectivity index (χ3v) is 2.58. The summed E-state index contributed by atoms with van der Waals surface area (Å²) in [4.78, 5) is 8.18. The summed E-state index contributed by atoms with van der Waals surface area (Å²) in [6.07, 6.45) is 0.253. The van der Waals surface area contributed by atoms with Gasteiger partial charge in [0.2, 0.25) is 0 Å². The highest BCUT2D eigenvalue weighted by Crippen LogP contribution is 2.15. The number of benzene rings is 1. The fraction of sp³-hybridized carbons (Fsp3) is 0.154. The van der Waals surface area contributed by atoms with E-state index in [9.17, 15) is 4.39 Å². The Hall–Kier alpha value is -2.48. The van der Waals surface area contributed by atoms with Gasteiger partial charge in [-0.2, -0.15) is 5.26 Å². The number of rotatable bonds is 2. The highest BCUT2D eigenvalue weighted by atomic mass is 19.1. The Morgan fingerprint density at radius 3 is 2.67 bits per heavy atom. The van der Waals surface area contributed by atoms with Gasteiger partial charge in [-0.05, 0) is 18.6 Å². The van der Waals surface area contributed by atoms with Gasteiger partial charge in [0.1, 0.15) is 29.1 Å². The van der Waals surface area contributed by atoms with E-state index in [1.54, 1.807) is 25.1 Å². The van der Waals surface area contributed by atoms with Crippen LogP contribution in [0.5, 0.6) is 0 Å². The first-order valence-electron chi connectivity index (χ1n) is 5.38. The molecule has 2 N–H and O–H groups in total. The Bertz CT molecular complexity index is 608. The zero-order chi connectivity index (χ0) is 13.1. The lowest BCUT2D eigenvalue weighted by Gasteiger charge is -2.06. The molecular formula is C13H11FN4. The quantitative estimate of drug-likeness (QED) is 0.873. The molecule has 4 nitrogen and oxygen atoms in total. The van der Waals surface area contributed by atoms with E-state index < -0.39 is 0 Å². The molecule has 0 fully saturated rings. The number of hydrogen-bond acceptors (Lipinski definition) is 4. The van der Waals surface area contributed by atoms with Crippen molar-refractivity contribution in [2.45, 2.75) is 13.3 Å². The molecule has 0 saturated carbocycles. The van der Waals surface area contributed by atoms with Gasteiger partial charge in [0.25, 0.3) is 0 Å². The van der Waals surface area contributed by atoms with E-state index in [0.29, 0.717) is 17.1 Å². The Balaban J connectivity index is 2.37. The normalized spacial score (nSPS) is 10.1. The molecule has 2 rings (SSSR count). The zero-order valence-electron chi connectivity index (χ0n) is 9.81. The molecule has 1 aromatic carbocycles. The summed E-state index contributed by atoms with van der Waals surface area (Å²) in [7, 11) is 0. The van der Waals surface area contributed by atoms with Gasteiger partial charge in [0.05, 0.1) is 5.69 Å². The summed E-state index contributed by atoms with van der Waals surface area (Å²) < 4.78 is 13.5. The average Bonchev–Trinajstić information content (AvgIpc) is 2.32. The Kier molecular flexibility index (Phi) is 3.20. The summed E-state index contributed by atoms with van der Waals surface area (Å²) in [5.41, 5.74) is 6.94. The molecule has 0 spiro atoms. The largest absolute Gasteiger partial charge is 0.382 e. The van der Waals surface area contributed by atoms with Gasteiger partial charge in [0.15, 0.2) is 0 Å². The van der Waals surface area contributed by atoms with E-state index in [-0.39, 0.29) is 23.6 Å². The number of aryl methyl sites for hydroxylation is 1. The van der Waals surface area contributed by atoms with Crippen LogP contribution in [0.2, 0.25) is 0 Å². The number of anilines is 1. The van der Waals surface area contributed by atoms with Crippen molar-refractivity contribution in [3.05, 3.63) is 52.7 Å². The Labute approximate surface area is 104 Å². The molecule has 0 bridgehead atoms. The minimum atomic E-state index is -0.304. The monoisotopic (exact) mass is 242 g/mol. The second-order valence-electron chi connectivity index (χ2n) is 3.87. The van der Waals surface area contributed by atoms with Crippen LogP contribution in [0.15, 0.2) is 24.3 Å². The van der Waals surface area contributed by atoms with Gasteiger partial charge in [-0.1, -0.05) is 18.2 Å². The van der Waals surface area contributed by atoms with Gasteiger partial charge in [-0.25, -0.2) is 14.4 Å². The van der Waals surface area contributed by atoms with Crippen LogP contribution in [-0.4, -0.2) is 9.97 Å². The summed E-state index contributed by atoms with van der Waals surface area (Å²) in [6.45, 7) is 1.68. The van der Waals surface area contributed by atoms with E-state index >= 15 is 0 Å². The van der Waals surface area contributed by atoms with Crippen molar-refractivity contribution in [2.75, 3.05) is 5.73 Å². The number of halogens is 1. The predicted octanol–water partition coefficient (Wildman–Crippen LogP) is 1.97. The molecule has 5 heteroatoms. The SMILES string of the molecule is Cc1nc(Cc2ccccc2F)nc(N)c1C#N. The molecule has 1 aromatic heterocycles. The molecule has 0 radical (unpaired) electrons. The van der Waals surface area contributed by atoms with E-state index in [1.165, 1.54) is 6.07 Å². The van der Waals surface area contributed by atoms with Crippen LogP contribution in [0.25, 0.3) is 0 Å². The maximum absolute atomic E-state index is 13.5. The van der Waals surface area contributed by atoms with Crippen LogP contribution < -0.4 is 5.73 Å². The maximum atomic E-state index is 13.5. The smallest absolute Gasteiger partial charge is 0.145 e. The van der Waals surface area contributed by atoms with Crippen molar-refractivity contribution >= 4 is 5.82 Å². The third-order valence-electron chi connectivity index (χ3n) is 2.58. The van der Waals surface area contributed by atoms with Crippen LogP contribution in [0.1, 0.15) is 22.6 Å². The zero-order valence-corrected chi connectivity index (χ0v) is 9.81. The topological polar surface area (TPSA) is 75.6 Å². The molecule has 0 saturated heterocycles. The van der Waals surface area contributed by atoms with Crippen molar-refractivity contribution in [3.8, 4) is 6.07 Å². The summed E-state index contributed by atoms with van der Waals surface area (Å²) in [6, 6.07) is 8.37. The van der Waals surface area contributed by atoms with Gasteiger partial charge < -0.3 is 5.73 Å². The average molecular weight is 242 g/mol. The molecule has 0 aliphatic heterocycles. The van der Waals surface area contributed by atoms with E-state index in [4.69, 9.17) is 11.0 Å². The summed E-state index contributed by atoms with van der Waals surface area (Å²) in [5.74, 6) is 0.243. The maximum Gasteiger partial charge on any atom is 0.145 e. The van der Waals surface area contributed by atoms with Crippen molar-refractivity contribution < 1.29 is 4.39 Å². The molecule has 90 valence electrons. The molecule has 0 amide bonds. The second kappa shape index (κ2) is 4.80. The predicted molar refractivity (Wildman–Crippen MR) is 65.1 cm³/mol. The molecule has 18 heavy (non-hydrogen) atoms. The molecule has 0 aliphatic carbocycles. The summed E-state index contributed by atoms with van der Waals surface area (Å²) >= 11 is 0. The molecule has 0 aliphatic rings. The number of nitrogens with two attached hydrogens (primary N) is 1. The second-order valence-corrected chi connectivity index (χ2v) is 3.87. The molecule has 2 aromatic rings. The first-order chi connectivity index (χ1) is 8.61. The fourth-order valence-corrected chi connectivity index (χ4v) is 1.68. The minimum absolute atomic E-state index is 0.135. The fourth-order valence-electron chi connectivity index (χ4n) is 1.68. The van der Waals surface area contributed by atoms with E-state index in [0.717, 1.165) is 0 Å². The highest BCUT2D eigenvalue weighted by Gasteiger charge is 2.10. The molecule has 0 unspecified atom stereocenters. The van der Waals surface area contributed by atoms with E-state index in [1.807, 2.05) is 6.07 Å². The van der Waals surface area contributed by atoms with Crippen LogP contribution >= 0.6 is 0 Å². The Morgan fingerprint density at radius 2 is 2.06 bits per heavy atom. The van der Waals surface area contributed by atoms with Crippen LogP contribution in [0.3, 0.4) is 0 Å². The highest BCUT2D eigenvalue weighted by molar-refractivity contribution is 5.50. The standard InChI is InChI=1S/C13H11FN4/c1-8-10(7-15)13(16)18-12(17-8)6-9-4-2-3-5-11(9)14/h2-5H,6H2,1H3,(H2,16,17,18). The molecule has 1 heterocycles. The number of nitrogens with zero attached hydrogens (tertiary/aromatic N) is 3. The lowest BCUT2D eigenvalue weighted by Crippen LogP contribution is -2.06. The van der Waals surface area contributed by atoms with Crippen molar-refractivity contribution in [3.63, 3.8) is 0 Å². The molecular weight excluding hydrogens is 231 g/mol. The first kappa shape index (κ1) is 12.0.